The molecule has 3 rings (SSSR count). The molecular weight excluding hydrogens is 586 g/mol. The van der Waals surface area contributed by atoms with Crippen molar-refractivity contribution in [3.63, 3.8) is 0 Å². The number of carbonyl (C=O) groups is 2. The van der Waals surface area contributed by atoms with Gasteiger partial charge in [-0.3, -0.25) is 24.4 Å². The minimum atomic E-state index is -1.98. The Labute approximate surface area is 245 Å². The molecule has 1 aromatic heterocycles. The number of amides is 1. The van der Waals surface area contributed by atoms with Crippen LogP contribution in [0.25, 0.3) is 0 Å². The second-order valence-electron chi connectivity index (χ2n) is 9.84. The molecular formula is C26H33Cl2FN4O8. The Hall–Kier alpha value is -3.13. The van der Waals surface area contributed by atoms with Crippen LogP contribution in [0.3, 0.4) is 0 Å². The number of aryl methyl sites for hydroxylation is 1. The maximum Gasteiger partial charge on any atom is 0.352 e. The number of aromatic nitrogens is 2. The molecule has 3 N–H and O–H groups in total. The van der Waals surface area contributed by atoms with Gasteiger partial charge in [0, 0.05) is 17.8 Å². The van der Waals surface area contributed by atoms with Crippen molar-refractivity contribution in [2.75, 3.05) is 12.5 Å². The summed E-state index contributed by atoms with van der Waals surface area (Å²) in [5.41, 5.74) is 6.20. The highest BCUT2D eigenvalue weighted by Gasteiger charge is 2.47. The van der Waals surface area contributed by atoms with Crippen LogP contribution in [0.15, 0.2) is 27.9 Å². The number of nitrogens with two attached hydrogens (primary N) is 1. The molecule has 6 atom stereocenters. The number of halogens is 3. The summed E-state index contributed by atoms with van der Waals surface area (Å²) in [7, 11) is 1.39. The lowest BCUT2D eigenvalue weighted by molar-refractivity contribution is -0.156. The van der Waals surface area contributed by atoms with Crippen molar-refractivity contribution < 1.29 is 32.9 Å². The molecule has 1 aromatic carbocycles. The first kappa shape index (κ1) is 32.4. The summed E-state index contributed by atoms with van der Waals surface area (Å²) < 4.78 is 38.5. The molecule has 1 saturated heterocycles. The number of methoxy groups -OCH3 is 1. The summed E-state index contributed by atoms with van der Waals surface area (Å²) in [6, 6.07) is 1.77. The first-order chi connectivity index (χ1) is 19.2. The molecule has 2 heterocycles. The molecule has 15 heteroatoms. The SMILES string of the molecule is CCc1cn([C@@H]2O[C@H](C)[C@@H](OC(=O)[C@@H](N)C(C)C)[C@H]2F)c(=O)n(NC(=O)C(C)Oc2cc(OC)c(Cl)cc2Cl)c1=O. The Balaban J connectivity index is 1.89. The van der Waals surface area contributed by atoms with Crippen LogP contribution < -0.4 is 31.9 Å². The Morgan fingerprint density at radius 2 is 1.80 bits per heavy atom. The highest BCUT2D eigenvalue weighted by atomic mass is 35.5. The van der Waals surface area contributed by atoms with Gasteiger partial charge in [-0.25, -0.2) is 9.18 Å². The third-order valence-electron chi connectivity index (χ3n) is 6.59. The lowest BCUT2D eigenvalue weighted by Crippen LogP contribution is -2.51. The zero-order valence-electron chi connectivity index (χ0n) is 23.4. The molecule has 1 aliphatic rings. The van der Waals surface area contributed by atoms with Gasteiger partial charge in [-0.05, 0) is 32.3 Å². The summed E-state index contributed by atoms with van der Waals surface area (Å²) in [5, 5.41) is 0.314. The fourth-order valence-electron chi connectivity index (χ4n) is 4.01. The summed E-state index contributed by atoms with van der Waals surface area (Å²) >= 11 is 12.2. The molecule has 1 unspecified atom stereocenters. The fraction of sp³-hybridized carbons (Fsp3) is 0.538. The van der Waals surface area contributed by atoms with Crippen molar-refractivity contribution in [1.29, 1.82) is 0 Å². The van der Waals surface area contributed by atoms with E-state index in [1.807, 2.05) is 0 Å². The molecule has 1 aliphatic heterocycles. The van der Waals surface area contributed by atoms with Gasteiger partial charge in [0.25, 0.3) is 11.5 Å². The van der Waals surface area contributed by atoms with Gasteiger partial charge in [-0.1, -0.05) is 44.0 Å². The number of hydrogen-bond donors (Lipinski definition) is 2. The van der Waals surface area contributed by atoms with Crippen molar-refractivity contribution in [3.05, 3.63) is 54.8 Å². The number of rotatable bonds is 10. The van der Waals surface area contributed by atoms with Crippen LogP contribution in [-0.4, -0.2) is 58.8 Å². The van der Waals surface area contributed by atoms with E-state index in [0.717, 1.165) is 10.8 Å². The monoisotopic (exact) mass is 618 g/mol. The van der Waals surface area contributed by atoms with Gasteiger partial charge < -0.3 is 24.7 Å². The zero-order chi connectivity index (χ0) is 30.8. The van der Waals surface area contributed by atoms with Crippen LogP contribution in [-0.2, 0) is 25.5 Å². The average molecular weight is 619 g/mol. The third kappa shape index (κ3) is 6.85. The largest absolute Gasteiger partial charge is 0.495 e. The van der Waals surface area contributed by atoms with Crippen LogP contribution in [0.1, 0.15) is 46.4 Å². The molecule has 0 spiro atoms. The van der Waals surface area contributed by atoms with E-state index in [0.29, 0.717) is 4.68 Å². The van der Waals surface area contributed by atoms with Crippen molar-refractivity contribution >= 4 is 35.1 Å². The van der Waals surface area contributed by atoms with E-state index in [1.165, 1.54) is 33.1 Å². The topological polar surface area (TPSA) is 153 Å². The van der Waals surface area contributed by atoms with Crippen LogP contribution in [0, 0.1) is 5.92 Å². The van der Waals surface area contributed by atoms with Gasteiger partial charge in [-0.2, -0.15) is 4.68 Å². The highest BCUT2D eigenvalue weighted by molar-refractivity contribution is 6.36. The number of benzene rings is 1. The van der Waals surface area contributed by atoms with Gasteiger partial charge in [0.15, 0.2) is 24.6 Å². The molecule has 41 heavy (non-hydrogen) atoms. The molecule has 1 amide bonds. The maximum absolute atomic E-state index is 15.6. The van der Waals surface area contributed by atoms with E-state index in [2.05, 4.69) is 5.43 Å². The number of nitrogens with zero attached hydrogens (tertiary/aromatic N) is 2. The van der Waals surface area contributed by atoms with Gasteiger partial charge in [-0.15, -0.1) is 0 Å². The molecule has 226 valence electrons. The Morgan fingerprint density at radius 1 is 1.17 bits per heavy atom. The quantitative estimate of drug-likeness (QED) is 0.382. The summed E-state index contributed by atoms with van der Waals surface area (Å²) in [4.78, 5) is 51.7. The van der Waals surface area contributed by atoms with Crippen molar-refractivity contribution in [3.8, 4) is 11.5 Å². The van der Waals surface area contributed by atoms with E-state index in [9.17, 15) is 19.2 Å². The molecule has 12 nitrogen and oxygen atoms in total. The van der Waals surface area contributed by atoms with Gasteiger partial charge in [0.05, 0.1) is 23.3 Å². The minimum absolute atomic E-state index is 0.0639. The van der Waals surface area contributed by atoms with Gasteiger partial charge >= 0.3 is 11.7 Å². The lowest BCUT2D eigenvalue weighted by Gasteiger charge is -2.22. The molecule has 2 aromatic rings. The summed E-state index contributed by atoms with van der Waals surface area (Å²) in [6.45, 7) is 7.91. The Morgan fingerprint density at radius 3 is 2.39 bits per heavy atom. The van der Waals surface area contributed by atoms with Crippen LogP contribution in [0.5, 0.6) is 11.5 Å². The lowest BCUT2D eigenvalue weighted by atomic mass is 10.1. The van der Waals surface area contributed by atoms with Crippen molar-refractivity contribution in [1.82, 2.24) is 9.24 Å². The number of esters is 1. The summed E-state index contributed by atoms with van der Waals surface area (Å²) in [5.74, 6) is -1.64. The standard InChI is InChI=1S/C26H33Cl2FN4O8/c1-7-14-10-32(24-19(29)21(12(4)40-24)41-25(36)20(30)11(2)3)26(37)33(23(14)35)31-22(34)13(5)39-18-9-17(38-6)15(27)8-16(18)28/h8-13,19-21,24H,7,30H2,1-6H3,(H,31,34)/t12-,13?,19-,20+,21-,24-/m1/s1. The zero-order valence-corrected chi connectivity index (χ0v) is 24.9. The number of alkyl halides is 1. The van der Waals surface area contributed by atoms with E-state index >= 15 is 4.39 Å². The smallest absolute Gasteiger partial charge is 0.352 e. The first-order valence-electron chi connectivity index (χ1n) is 12.8. The Bertz CT molecular complexity index is 1420. The van der Waals surface area contributed by atoms with E-state index in [1.54, 1.807) is 20.8 Å². The number of carbonyl (C=O) groups excluding carboxylic acids is 2. The maximum atomic E-state index is 15.6. The second kappa shape index (κ2) is 13.2. The number of hydrogen-bond acceptors (Lipinski definition) is 9. The fourth-order valence-corrected chi connectivity index (χ4v) is 4.51. The summed E-state index contributed by atoms with van der Waals surface area (Å²) in [6.07, 6.45) is -5.81. The van der Waals surface area contributed by atoms with Crippen LogP contribution >= 0.6 is 23.2 Å². The normalized spacial score (nSPS) is 21.8. The van der Waals surface area contributed by atoms with Crippen molar-refractivity contribution in [2.24, 2.45) is 11.7 Å². The average Bonchev–Trinajstić information content (AvgIpc) is 3.19. The van der Waals surface area contributed by atoms with E-state index in [4.69, 9.17) is 47.9 Å². The van der Waals surface area contributed by atoms with Crippen molar-refractivity contribution in [2.45, 2.75) is 77.8 Å². The van der Waals surface area contributed by atoms with Gasteiger partial charge in [0.1, 0.15) is 17.5 Å². The predicted octanol–water partition coefficient (Wildman–Crippen LogP) is 2.58. The minimum Gasteiger partial charge on any atom is -0.495 e. The number of nitrogens with one attached hydrogen (secondary N) is 1. The molecule has 0 aliphatic carbocycles. The molecule has 0 saturated carbocycles. The molecule has 0 bridgehead atoms. The third-order valence-corrected chi connectivity index (χ3v) is 7.18. The highest BCUT2D eigenvalue weighted by Crippen LogP contribution is 2.36. The second-order valence-corrected chi connectivity index (χ2v) is 10.7. The predicted molar refractivity (Wildman–Crippen MR) is 149 cm³/mol. The Kier molecular flexibility index (Phi) is 10.5. The molecule has 0 radical (unpaired) electrons. The van der Waals surface area contributed by atoms with E-state index in [-0.39, 0.29) is 39.4 Å². The first-order valence-corrected chi connectivity index (χ1v) is 13.6. The number of ether oxygens (including phenoxy) is 4. The van der Waals surface area contributed by atoms with E-state index < -0.39 is 59.9 Å². The molecule has 1 fully saturated rings. The van der Waals surface area contributed by atoms with Gasteiger partial charge in [0.2, 0.25) is 0 Å². The van der Waals surface area contributed by atoms with Crippen LogP contribution in [0.2, 0.25) is 10.0 Å². The van der Waals surface area contributed by atoms with Crippen LogP contribution in [0.4, 0.5) is 4.39 Å².